The molecule has 7 heteroatoms. The van der Waals surface area contributed by atoms with Gasteiger partial charge >= 0.3 is 6.18 Å². The SMILES string of the molecule is CCCN(Cc1csc(CCN)n1)CC(F)(F)F. The van der Waals surface area contributed by atoms with Crippen molar-refractivity contribution in [1.29, 1.82) is 0 Å². The van der Waals surface area contributed by atoms with Gasteiger partial charge in [-0.25, -0.2) is 4.98 Å². The Hall–Kier alpha value is -0.660. The molecule has 1 aromatic heterocycles. The first-order valence-corrected chi connectivity index (χ1v) is 6.75. The van der Waals surface area contributed by atoms with Crippen LogP contribution in [0.2, 0.25) is 0 Å². The zero-order valence-corrected chi connectivity index (χ0v) is 11.2. The van der Waals surface area contributed by atoms with Crippen molar-refractivity contribution >= 4 is 11.3 Å². The molecule has 0 aromatic carbocycles. The van der Waals surface area contributed by atoms with E-state index in [4.69, 9.17) is 5.73 Å². The summed E-state index contributed by atoms with van der Waals surface area (Å²) in [5, 5.41) is 2.69. The van der Waals surface area contributed by atoms with Crippen LogP contribution in [-0.4, -0.2) is 35.7 Å². The van der Waals surface area contributed by atoms with E-state index in [1.807, 2.05) is 12.3 Å². The number of nitrogens with zero attached hydrogens (tertiary/aromatic N) is 2. The average Bonchev–Trinajstić information content (AvgIpc) is 2.64. The summed E-state index contributed by atoms with van der Waals surface area (Å²) < 4.78 is 37.1. The molecule has 1 rings (SSSR count). The average molecular weight is 281 g/mol. The van der Waals surface area contributed by atoms with E-state index in [2.05, 4.69) is 4.98 Å². The van der Waals surface area contributed by atoms with Crippen molar-refractivity contribution in [2.24, 2.45) is 5.73 Å². The van der Waals surface area contributed by atoms with Gasteiger partial charge in [0, 0.05) is 18.3 Å². The minimum atomic E-state index is -4.16. The predicted octanol–water partition coefficient (Wildman–Crippen LogP) is 2.42. The van der Waals surface area contributed by atoms with Crippen LogP contribution in [0, 0.1) is 0 Å². The first-order chi connectivity index (χ1) is 8.44. The highest BCUT2D eigenvalue weighted by Crippen LogP contribution is 2.19. The van der Waals surface area contributed by atoms with Crippen LogP contribution in [0.3, 0.4) is 0 Å². The molecular formula is C11H18F3N3S. The Morgan fingerprint density at radius 3 is 2.72 bits per heavy atom. The van der Waals surface area contributed by atoms with Gasteiger partial charge in [0.15, 0.2) is 0 Å². The number of rotatable bonds is 7. The maximum atomic E-state index is 12.4. The largest absolute Gasteiger partial charge is 0.401 e. The third-order valence-corrected chi connectivity index (χ3v) is 3.24. The van der Waals surface area contributed by atoms with Crippen LogP contribution in [0.1, 0.15) is 24.0 Å². The molecule has 0 amide bonds. The molecular weight excluding hydrogens is 263 g/mol. The second-order valence-corrected chi connectivity index (χ2v) is 5.04. The Bertz CT molecular complexity index is 352. The van der Waals surface area contributed by atoms with Gasteiger partial charge in [0.25, 0.3) is 0 Å². The maximum Gasteiger partial charge on any atom is 0.401 e. The zero-order chi connectivity index (χ0) is 13.6. The Balaban J connectivity index is 2.58. The van der Waals surface area contributed by atoms with Crippen molar-refractivity contribution in [2.75, 3.05) is 19.6 Å². The van der Waals surface area contributed by atoms with Crippen molar-refractivity contribution in [3.8, 4) is 0 Å². The number of hydrogen-bond acceptors (Lipinski definition) is 4. The van der Waals surface area contributed by atoms with Gasteiger partial charge in [0.1, 0.15) is 0 Å². The van der Waals surface area contributed by atoms with Crippen LogP contribution in [0.15, 0.2) is 5.38 Å². The predicted molar refractivity (Wildman–Crippen MR) is 66.5 cm³/mol. The first-order valence-electron chi connectivity index (χ1n) is 5.87. The van der Waals surface area contributed by atoms with Crippen molar-refractivity contribution < 1.29 is 13.2 Å². The Kier molecular flexibility index (Phi) is 6.04. The van der Waals surface area contributed by atoms with E-state index in [-0.39, 0.29) is 6.54 Å². The van der Waals surface area contributed by atoms with Gasteiger partial charge < -0.3 is 5.73 Å². The van der Waals surface area contributed by atoms with E-state index in [1.54, 1.807) is 0 Å². The molecule has 3 nitrogen and oxygen atoms in total. The lowest BCUT2D eigenvalue weighted by atomic mass is 10.3. The highest BCUT2D eigenvalue weighted by molar-refractivity contribution is 7.09. The molecule has 0 bridgehead atoms. The second kappa shape index (κ2) is 7.06. The van der Waals surface area contributed by atoms with E-state index >= 15 is 0 Å². The fourth-order valence-corrected chi connectivity index (χ4v) is 2.48. The summed E-state index contributed by atoms with van der Waals surface area (Å²) in [4.78, 5) is 5.66. The summed E-state index contributed by atoms with van der Waals surface area (Å²) in [5.74, 6) is 0. The van der Waals surface area contributed by atoms with Gasteiger partial charge in [-0.15, -0.1) is 11.3 Å². The van der Waals surface area contributed by atoms with Gasteiger partial charge in [-0.05, 0) is 19.5 Å². The van der Waals surface area contributed by atoms with Crippen molar-refractivity contribution in [1.82, 2.24) is 9.88 Å². The summed E-state index contributed by atoms with van der Waals surface area (Å²) in [7, 11) is 0. The standard InChI is InChI=1S/C11H18F3N3S/c1-2-5-17(8-11(12,13)14)6-9-7-18-10(16-9)3-4-15/h7H,2-6,8,15H2,1H3. The molecule has 18 heavy (non-hydrogen) atoms. The third kappa shape index (κ3) is 5.79. The quantitative estimate of drug-likeness (QED) is 0.834. The van der Waals surface area contributed by atoms with Crippen LogP contribution in [0.5, 0.6) is 0 Å². The second-order valence-electron chi connectivity index (χ2n) is 4.10. The highest BCUT2D eigenvalue weighted by atomic mass is 32.1. The molecule has 0 unspecified atom stereocenters. The van der Waals surface area contributed by atoms with Gasteiger partial charge in [-0.3, -0.25) is 4.90 Å². The molecule has 1 heterocycles. The molecule has 0 spiro atoms. The smallest absolute Gasteiger partial charge is 0.330 e. The molecule has 0 saturated carbocycles. The van der Waals surface area contributed by atoms with Gasteiger partial charge in [0.2, 0.25) is 0 Å². The lowest BCUT2D eigenvalue weighted by Gasteiger charge is -2.21. The lowest BCUT2D eigenvalue weighted by Crippen LogP contribution is -2.34. The number of thiazole rings is 1. The molecule has 0 aliphatic carbocycles. The fourth-order valence-electron chi connectivity index (χ4n) is 1.67. The van der Waals surface area contributed by atoms with Gasteiger partial charge in [-0.2, -0.15) is 13.2 Å². The van der Waals surface area contributed by atoms with E-state index in [0.717, 1.165) is 5.01 Å². The molecule has 0 aliphatic rings. The van der Waals surface area contributed by atoms with Crippen molar-refractivity contribution in [3.05, 3.63) is 16.1 Å². The van der Waals surface area contributed by atoms with E-state index in [9.17, 15) is 13.2 Å². The summed E-state index contributed by atoms with van der Waals surface area (Å²) in [6, 6.07) is 0. The topological polar surface area (TPSA) is 42.1 Å². The van der Waals surface area contributed by atoms with Crippen molar-refractivity contribution in [3.63, 3.8) is 0 Å². The number of alkyl halides is 3. The first kappa shape index (κ1) is 15.4. The molecule has 1 aromatic rings. The Labute approximate surface area is 109 Å². The monoisotopic (exact) mass is 281 g/mol. The van der Waals surface area contributed by atoms with Crippen molar-refractivity contribution in [2.45, 2.75) is 32.5 Å². The number of aromatic nitrogens is 1. The fraction of sp³-hybridized carbons (Fsp3) is 0.727. The molecule has 104 valence electrons. The Morgan fingerprint density at radius 1 is 1.44 bits per heavy atom. The van der Waals surface area contributed by atoms with Crippen LogP contribution >= 0.6 is 11.3 Å². The summed E-state index contributed by atoms with van der Waals surface area (Å²) >= 11 is 1.45. The highest BCUT2D eigenvalue weighted by Gasteiger charge is 2.30. The van der Waals surface area contributed by atoms with Crippen LogP contribution < -0.4 is 5.73 Å². The molecule has 2 N–H and O–H groups in total. The normalized spacial score (nSPS) is 12.3. The van der Waals surface area contributed by atoms with Gasteiger partial charge in [0.05, 0.1) is 17.2 Å². The molecule has 0 atom stereocenters. The van der Waals surface area contributed by atoms with E-state index < -0.39 is 12.7 Å². The van der Waals surface area contributed by atoms with Crippen LogP contribution in [0.4, 0.5) is 13.2 Å². The third-order valence-electron chi connectivity index (χ3n) is 2.29. The molecule has 0 fully saturated rings. The zero-order valence-electron chi connectivity index (χ0n) is 10.3. The van der Waals surface area contributed by atoms with Crippen LogP contribution in [-0.2, 0) is 13.0 Å². The summed E-state index contributed by atoms with van der Waals surface area (Å²) in [6.45, 7) is 2.15. The van der Waals surface area contributed by atoms with Gasteiger partial charge in [-0.1, -0.05) is 6.92 Å². The minimum absolute atomic E-state index is 0.244. The minimum Gasteiger partial charge on any atom is -0.330 e. The summed E-state index contributed by atoms with van der Waals surface area (Å²) in [5.41, 5.74) is 6.11. The maximum absolute atomic E-state index is 12.4. The molecule has 0 saturated heterocycles. The number of nitrogens with two attached hydrogens (primary N) is 1. The molecule has 0 radical (unpaired) electrons. The van der Waals surface area contributed by atoms with E-state index in [1.165, 1.54) is 16.2 Å². The van der Waals surface area contributed by atoms with Crippen LogP contribution in [0.25, 0.3) is 0 Å². The lowest BCUT2D eigenvalue weighted by molar-refractivity contribution is -0.147. The number of halogens is 3. The van der Waals surface area contributed by atoms with E-state index in [0.29, 0.717) is 31.6 Å². The Morgan fingerprint density at radius 2 is 2.17 bits per heavy atom. The molecule has 0 aliphatic heterocycles. The summed E-state index contributed by atoms with van der Waals surface area (Å²) in [6.07, 6.45) is -2.79. The number of hydrogen-bond donors (Lipinski definition) is 1.